The van der Waals surface area contributed by atoms with Gasteiger partial charge in [0.1, 0.15) is 11.4 Å². The normalized spacial score (nSPS) is 30.1. The molecule has 0 amide bonds. The largest absolute Gasteiger partial charge is 0.486 e. The van der Waals surface area contributed by atoms with Gasteiger partial charge in [0, 0.05) is 24.6 Å². The van der Waals surface area contributed by atoms with Crippen LogP contribution in [0, 0.1) is 6.92 Å². The molecule has 20 heavy (non-hydrogen) atoms. The van der Waals surface area contributed by atoms with Crippen molar-refractivity contribution in [2.24, 2.45) is 0 Å². The van der Waals surface area contributed by atoms with Crippen molar-refractivity contribution in [3.8, 4) is 5.75 Å². The zero-order chi connectivity index (χ0) is 14.2. The zero-order valence-corrected chi connectivity index (χ0v) is 12.9. The monoisotopic (exact) mass is 274 g/mol. The van der Waals surface area contributed by atoms with E-state index in [0.29, 0.717) is 6.04 Å². The van der Waals surface area contributed by atoms with Gasteiger partial charge in [-0.2, -0.15) is 0 Å². The summed E-state index contributed by atoms with van der Waals surface area (Å²) in [5, 5.41) is 3.66. The van der Waals surface area contributed by atoms with Crippen LogP contribution in [0.25, 0.3) is 0 Å². The molecule has 0 saturated carbocycles. The minimum atomic E-state index is 0.00208. The van der Waals surface area contributed by atoms with Crippen LogP contribution in [0.5, 0.6) is 5.75 Å². The summed E-state index contributed by atoms with van der Waals surface area (Å²) in [6.07, 6.45) is 3.49. The first kappa shape index (κ1) is 13.9. The van der Waals surface area contributed by atoms with Crippen LogP contribution in [0.1, 0.15) is 43.4 Å². The van der Waals surface area contributed by atoms with Gasteiger partial charge >= 0.3 is 0 Å². The van der Waals surface area contributed by atoms with Gasteiger partial charge in [-0.15, -0.1) is 0 Å². The molecule has 1 N–H and O–H groups in total. The first-order valence-electron chi connectivity index (χ1n) is 7.83. The first-order chi connectivity index (χ1) is 9.62. The van der Waals surface area contributed by atoms with E-state index in [2.05, 4.69) is 49.3 Å². The average molecular weight is 274 g/mol. The minimum Gasteiger partial charge on any atom is -0.486 e. The van der Waals surface area contributed by atoms with E-state index < -0.39 is 0 Å². The first-order valence-corrected chi connectivity index (χ1v) is 7.83. The van der Waals surface area contributed by atoms with E-state index in [9.17, 15) is 0 Å². The van der Waals surface area contributed by atoms with Gasteiger partial charge in [-0.1, -0.05) is 24.6 Å². The molecular formula is C17H26N2O. The summed E-state index contributed by atoms with van der Waals surface area (Å²) in [6, 6.07) is 7.02. The number of hydrogen-bond acceptors (Lipinski definition) is 3. The van der Waals surface area contributed by atoms with Gasteiger partial charge < -0.3 is 15.0 Å². The minimum absolute atomic E-state index is 0.00208. The van der Waals surface area contributed by atoms with Crippen LogP contribution in [0.15, 0.2) is 18.2 Å². The molecule has 2 aliphatic rings. The van der Waals surface area contributed by atoms with Gasteiger partial charge in [-0.3, -0.25) is 0 Å². The van der Waals surface area contributed by atoms with Crippen molar-refractivity contribution in [3.05, 3.63) is 29.3 Å². The fraction of sp³-hybridized carbons (Fsp3) is 0.647. The highest BCUT2D eigenvalue weighted by molar-refractivity contribution is 5.42. The lowest BCUT2D eigenvalue weighted by Crippen LogP contribution is -2.54. The Kier molecular flexibility index (Phi) is 3.74. The fourth-order valence-electron chi connectivity index (χ4n) is 3.79. The lowest BCUT2D eigenvalue weighted by molar-refractivity contribution is -0.0269. The van der Waals surface area contributed by atoms with Crippen molar-refractivity contribution >= 4 is 0 Å². The topological polar surface area (TPSA) is 24.5 Å². The Morgan fingerprint density at radius 1 is 1.45 bits per heavy atom. The second kappa shape index (κ2) is 5.38. The van der Waals surface area contributed by atoms with Crippen molar-refractivity contribution in [2.75, 3.05) is 26.7 Å². The molecule has 110 valence electrons. The summed E-state index contributed by atoms with van der Waals surface area (Å²) >= 11 is 0. The molecule has 1 aromatic carbocycles. The third-order valence-electron chi connectivity index (χ3n) is 4.62. The molecule has 3 rings (SSSR count). The number of rotatable bonds is 2. The molecule has 0 aromatic heterocycles. The second-order valence-electron chi connectivity index (χ2n) is 6.48. The summed E-state index contributed by atoms with van der Waals surface area (Å²) in [5.74, 6) is 1.09. The molecule has 2 atom stereocenters. The maximum Gasteiger partial charge on any atom is 0.125 e. The lowest BCUT2D eigenvalue weighted by Gasteiger charge is -2.47. The van der Waals surface area contributed by atoms with Crippen LogP contribution in [0.2, 0.25) is 0 Å². The number of ether oxygens (including phenoxy) is 1. The van der Waals surface area contributed by atoms with Crippen LogP contribution >= 0.6 is 0 Å². The zero-order valence-electron chi connectivity index (χ0n) is 12.9. The number of likely N-dealkylation sites (N-methyl/N-ethyl adjacent to an activating group) is 1. The smallest absolute Gasteiger partial charge is 0.125 e. The molecule has 1 saturated heterocycles. The average Bonchev–Trinajstić information content (AvgIpc) is 2.40. The maximum atomic E-state index is 6.48. The molecule has 0 radical (unpaired) electrons. The van der Waals surface area contributed by atoms with E-state index in [-0.39, 0.29) is 5.60 Å². The number of fused-ring (bicyclic) bond motifs is 1. The van der Waals surface area contributed by atoms with Gasteiger partial charge in [0.2, 0.25) is 0 Å². The van der Waals surface area contributed by atoms with E-state index in [1.165, 1.54) is 30.5 Å². The molecule has 3 heteroatoms. The van der Waals surface area contributed by atoms with Crippen LogP contribution < -0.4 is 10.1 Å². The standard InChI is InChI=1S/C17H26N2O/c1-4-18-15-11-17(8-5-9-19(3)12-17)20-16-7-6-13(2)10-14(15)16/h6-7,10,15,18H,4-5,8-9,11-12H2,1-3H3. The number of piperidine rings is 1. The predicted molar refractivity (Wildman–Crippen MR) is 82.3 cm³/mol. The molecule has 1 aromatic rings. The van der Waals surface area contributed by atoms with Crippen molar-refractivity contribution in [3.63, 3.8) is 0 Å². The van der Waals surface area contributed by atoms with E-state index in [1.54, 1.807) is 0 Å². The number of nitrogens with zero attached hydrogens (tertiary/aromatic N) is 1. The number of aryl methyl sites for hydroxylation is 1. The van der Waals surface area contributed by atoms with Crippen LogP contribution in [-0.4, -0.2) is 37.2 Å². The number of likely N-dealkylation sites (tertiary alicyclic amines) is 1. The van der Waals surface area contributed by atoms with Crippen molar-refractivity contribution in [1.82, 2.24) is 10.2 Å². The highest BCUT2D eigenvalue weighted by Crippen LogP contribution is 2.43. The molecule has 1 spiro atoms. The quantitative estimate of drug-likeness (QED) is 0.897. The summed E-state index contributed by atoms with van der Waals surface area (Å²) in [6.45, 7) is 7.58. The summed E-state index contributed by atoms with van der Waals surface area (Å²) in [5.41, 5.74) is 2.65. The Morgan fingerprint density at radius 3 is 3.05 bits per heavy atom. The Balaban J connectivity index is 1.94. The van der Waals surface area contributed by atoms with Crippen LogP contribution in [0.4, 0.5) is 0 Å². The van der Waals surface area contributed by atoms with Crippen molar-refractivity contribution in [2.45, 2.75) is 44.8 Å². The van der Waals surface area contributed by atoms with Crippen molar-refractivity contribution < 1.29 is 4.74 Å². The van der Waals surface area contributed by atoms with E-state index in [0.717, 1.165) is 25.3 Å². The number of nitrogens with one attached hydrogen (secondary N) is 1. The molecule has 2 aliphatic heterocycles. The molecule has 3 nitrogen and oxygen atoms in total. The van der Waals surface area contributed by atoms with E-state index in [1.807, 2.05) is 0 Å². The van der Waals surface area contributed by atoms with E-state index in [4.69, 9.17) is 4.74 Å². The predicted octanol–water partition coefficient (Wildman–Crippen LogP) is 2.89. The Morgan fingerprint density at radius 2 is 2.30 bits per heavy atom. The third kappa shape index (κ3) is 2.57. The van der Waals surface area contributed by atoms with E-state index >= 15 is 0 Å². The SMILES string of the molecule is CCNC1CC2(CCCN(C)C2)Oc2ccc(C)cc21. The van der Waals surface area contributed by atoms with Gasteiger partial charge in [-0.25, -0.2) is 0 Å². The molecule has 2 heterocycles. The Hall–Kier alpha value is -1.06. The van der Waals surface area contributed by atoms with Gasteiger partial charge in [-0.05, 0) is 46.0 Å². The highest BCUT2D eigenvalue weighted by atomic mass is 16.5. The summed E-state index contributed by atoms with van der Waals surface area (Å²) in [7, 11) is 2.21. The van der Waals surface area contributed by atoms with Gasteiger partial charge in [0.15, 0.2) is 0 Å². The lowest BCUT2D eigenvalue weighted by atomic mass is 9.81. The Labute approximate surface area is 122 Å². The van der Waals surface area contributed by atoms with Gasteiger partial charge in [0.05, 0.1) is 0 Å². The van der Waals surface area contributed by atoms with Crippen molar-refractivity contribution in [1.29, 1.82) is 0 Å². The molecule has 1 fully saturated rings. The molecule has 0 bridgehead atoms. The van der Waals surface area contributed by atoms with Crippen LogP contribution in [-0.2, 0) is 0 Å². The molecule has 2 unspecified atom stereocenters. The Bertz CT molecular complexity index is 488. The van der Waals surface area contributed by atoms with Crippen LogP contribution in [0.3, 0.4) is 0 Å². The second-order valence-corrected chi connectivity index (χ2v) is 6.48. The highest BCUT2D eigenvalue weighted by Gasteiger charge is 2.43. The molecular weight excluding hydrogens is 248 g/mol. The summed E-state index contributed by atoms with van der Waals surface area (Å²) in [4.78, 5) is 2.41. The maximum absolute atomic E-state index is 6.48. The number of benzene rings is 1. The third-order valence-corrected chi connectivity index (χ3v) is 4.62. The van der Waals surface area contributed by atoms with Gasteiger partial charge in [0.25, 0.3) is 0 Å². The fourth-order valence-corrected chi connectivity index (χ4v) is 3.79. The summed E-state index contributed by atoms with van der Waals surface area (Å²) < 4.78 is 6.48. The number of hydrogen-bond donors (Lipinski definition) is 1. The molecule has 0 aliphatic carbocycles.